The molecule has 3 rings (SSSR count). The minimum Gasteiger partial charge on any atom is -0.394 e. The highest BCUT2D eigenvalue weighted by Crippen LogP contribution is 2.32. The highest BCUT2D eigenvalue weighted by Gasteiger charge is 2.53. The van der Waals surface area contributed by atoms with Crippen molar-refractivity contribution >= 4 is 0 Å². The van der Waals surface area contributed by atoms with E-state index in [1.165, 1.54) is 7.11 Å². The average molecular weight is 518 g/mol. The normalized spacial score (nSPS) is 51.3. The molecular formula is C19H34O16. The van der Waals surface area contributed by atoms with E-state index in [9.17, 15) is 51.1 Å². The van der Waals surface area contributed by atoms with Crippen molar-refractivity contribution in [3.63, 3.8) is 0 Å². The molecule has 3 aliphatic rings. The van der Waals surface area contributed by atoms with Crippen LogP contribution in [0.15, 0.2) is 0 Å². The Kier molecular flexibility index (Phi) is 10.1. The van der Waals surface area contributed by atoms with Crippen LogP contribution in [0.2, 0.25) is 0 Å². The molecule has 0 radical (unpaired) electrons. The lowest BCUT2D eigenvalue weighted by molar-refractivity contribution is -0.378. The van der Waals surface area contributed by atoms with Gasteiger partial charge in [0.2, 0.25) is 0 Å². The Bertz CT molecular complexity index is 650. The first-order chi connectivity index (χ1) is 16.6. The summed E-state index contributed by atoms with van der Waals surface area (Å²) in [5, 5.41) is 100. The van der Waals surface area contributed by atoms with Crippen molar-refractivity contribution in [1.29, 1.82) is 0 Å². The second-order valence-corrected chi connectivity index (χ2v) is 8.55. The summed E-state index contributed by atoms with van der Waals surface area (Å²) < 4.78 is 31.9. The number of hydrogen-bond donors (Lipinski definition) is 10. The first-order valence-electron chi connectivity index (χ1n) is 11.0. The van der Waals surface area contributed by atoms with Gasteiger partial charge in [0.05, 0.1) is 19.8 Å². The van der Waals surface area contributed by atoms with E-state index in [-0.39, 0.29) is 0 Å². The van der Waals surface area contributed by atoms with Gasteiger partial charge in [-0.3, -0.25) is 0 Å². The fourth-order valence-electron chi connectivity index (χ4n) is 4.24. The van der Waals surface area contributed by atoms with E-state index < -0.39 is 112 Å². The van der Waals surface area contributed by atoms with E-state index in [0.717, 1.165) is 0 Å². The van der Waals surface area contributed by atoms with Crippen LogP contribution in [-0.2, 0) is 28.4 Å². The minimum absolute atomic E-state index is 0.675. The second kappa shape index (κ2) is 12.3. The zero-order chi connectivity index (χ0) is 26.0. The molecule has 3 fully saturated rings. The summed E-state index contributed by atoms with van der Waals surface area (Å²) in [4.78, 5) is 0. The van der Waals surface area contributed by atoms with Gasteiger partial charge < -0.3 is 79.5 Å². The average Bonchev–Trinajstić information content (AvgIpc) is 2.86. The van der Waals surface area contributed by atoms with Gasteiger partial charge in [0.1, 0.15) is 73.2 Å². The molecule has 10 N–H and O–H groups in total. The third-order valence-corrected chi connectivity index (χ3v) is 6.30. The smallest absolute Gasteiger partial charge is 0.187 e. The van der Waals surface area contributed by atoms with Gasteiger partial charge in [-0.05, 0) is 0 Å². The molecule has 16 heteroatoms. The van der Waals surface area contributed by atoms with E-state index in [4.69, 9.17) is 28.4 Å². The monoisotopic (exact) mass is 518 g/mol. The lowest BCUT2D eigenvalue weighted by atomic mass is 9.96. The Hall–Kier alpha value is -0.640. The van der Waals surface area contributed by atoms with Gasteiger partial charge >= 0.3 is 0 Å². The summed E-state index contributed by atoms with van der Waals surface area (Å²) in [6, 6.07) is 0. The summed E-state index contributed by atoms with van der Waals surface area (Å²) in [5.74, 6) is 0. The Labute approximate surface area is 199 Å². The zero-order valence-electron chi connectivity index (χ0n) is 18.7. The maximum Gasteiger partial charge on any atom is 0.187 e. The van der Waals surface area contributed by atoms with E-state index in [0.29, 0.717) is 0 Å². The van der Waals surface area contributed by atoms with E-state index in [1.807, 2.05) is 0 Å². The Morgan fingerprint density at radius 1 is 0.486 bits per heavy atom. The van der Waals surface area contributed by atoms with E-state index in [1.54, 1.807) is 0 Å². The topological polar surface area (TPSA) is 258 Å². The molecular weight excluding hydrogens is 484 g/mol. The molecule has 206 valence electrons. The Balaban J connectivity index is 1.72. The number of hydrogen-bond acceptors (Lipinski definition) is 16. The van der Waals surface area contributed by atoms with Crippen molar-refractivity contribution in [3.8, 4) is 0 Å². The van der Waals surface area contributed by atoms with Crippen molar-refractivity contribution in [2.24, 2.45) is 0 Å². The van der Waals surface area contributed by atoms with Crippen LogP contribution < -0.4 is 0 Å². The summed E-state index contributed by atoms with van der Waals surface area (Å²) >= 11 is 0. The number of ether oxygens (including phenoxy) is 6. The molecule has 0 bridgehead atoms. The standard InChI is InChI=1S/C19H34O16/c1-30-17-13(28)10(25)15(6(3-21)32-17)35-19-14(29)11(26)16(7(4-22)33-19)34-18-12(27)9(24)8(23)5(2-20)31-18/h5-29H,2-4H2,1H3/t5-,6-,7-,8+,9+,10-,11-,12-,13+,14-,15-,16-,17-,18+,19+/m1/s1. The van der Waals surface area contributed by atoms with Gasteiger partial charge in [-0.1, -0.05) is 0 Å². The molecule has 0 aliphatic carbocycles. The Morgan fingerprint density at radius 2 is 0.857 bits per heavy atom. The van der Waals surface area contributed by atoms with Crippen molar-refractivity contribution in [1.82, 2.24) is 0 Å². The van der Waals surface area contributed by atoms with Crippen LogP contribution >= 0.6 is 0 Å². The third-order valence-electron chi connectivity index (χ3n) is 6.30. The van der Waals surface area contributed by atoms with Crippen molar-refractivity contribution in [3.05, 3.63) is 0 Å². The van der Waals surface area contributed by atoms with Gasteiger partial charge in [0.25, 0.3) is 0 Å². The van der Waals surface area contributed by atoms with Gasteiger partial charge in [-0.2, -0.15) is 0 Å². The Morgan fingerprint density at radius 3 is 1.29 bits per heavy atom. The van der Waals surface area contributed by atoms with Crippen LogP contribution in [0, 0.1) is 0 Å². The highest BCUT2D eigenvalue weighted by molar-refractivity contribution is 4.96. The molecule has 0 unspecified atom stereocenters. The van der Waals surface area contributed by atoms with E-state index in [2.05, 4.69) is 0 Å². The van der Waals surface area contributed by atoms with Crippen LogP contribution in [-0.4, -0.2) is 170 Å². The summed E-state index contributed by atoms with van der Waals surface area (Å²) in [5.41, 5.74) is 0. The van der Waals surface area contributed by atoms with E-state index >= 15 is 0 Å². The molecule has 0 saturated carbocycles. The third kappa shape index (κ3) is 5.78. The quantitative estimate of drug-likeness (QED) is 0.143. The predicted octanol–water partition coefficient (Wildman–Crippen LogP) is -6.92. The van der Waals surface area contributed by atoms with Crippen molar-refractivity contribution in [2.45, 2.75) is 92.1 Å². The second-order valence-electron chi connectivity index (χ2n) is 8.55. The van der Waals surface area contributed by atoms with Crippen LogP contribution in [0.4, 0.5) is 0 Å². The predicted molar refractivity (Wildman–Crippen MR) is 106 cm³/mol. The zero-order valence-corrected chi connectivity index (χ0v) is 18.7. The summed E-state index contributed by atoms with van der Waals surface area (Å²) in [6.45, 7) is -2.21. The van der Waals surface area contributed by atoms with Crippen LogP contribution in [0.25, 0.3) is 0 Å². The van der Waals surface area contributed by atoms with Gasteiger partial charge in [-0.15, -0.1) is 0 Å². The molecule has 3 heterocycles. The molecule has 16 nitrogen and oxygen atoms in total. The van der Waals surface area contributed by atoms with Crippen molar-refractivity contribution < 1.29 is 79.5 Å². The van der Waals surface area contributed by atoms with Crippen molar-refractivity contribution in [2.75, 3.05) is 26.9 Å². The number of methoxy groups -OCH3 is 1. The summed E-state index contributed by atoms with van der Waals surface area (Å²) in [7, 11) is 1.21. The SMILES string of the molecule is CO[C@@H]1O[C@H](CO)[C@@H](O[C@@H]2O[C@H](CO)[C@@H](O[C@@H]3O[C@H](CO)[C@H](O)[C@H](O)[C@H]3O)[C@H](O)[C@H]2O)[C@H](O)[C@@H]1O. The fourth-order valence-corrected chi connectivity index (χ4v) is 4.24. The van der Waals surface area contributed by atoms with Crippen LogP contribution in [0.3, 0.4) is 0 Å². The molecule has 3 saturated heterocycles. The van der Waals surface area contributed by atoms with Crippen LogP contribution in [0.5, 0.6) is 0 Å². The molecule has 0 aromatic heterocycles. The van der Waals surface area contributed by atoms with Gasteiger partial charge in [0, 0.05) is 7.11 Å². The maximum absolute atomic E-state index is 10.7. The fraction of sp³-hybridized carbons (Fsp3) is 1.00. The molecule has 3 aliphatic heterocycles. The molecule has 0 aromatic rings. The summed E-state index contributed by atoms with van der Waals surface area (Å²) in [6.07, 6.45) is -23.8. The molecule has 15 atom stereocenters. The molecule has 0 amide bonds. The van der Waals surface area contributed by atoms with Crippen LogP contribution in [0.1, 0.15) is 0 Å². The number of rotatable bonds is 8. The molecule has 0 aromatic carbocycles. The first kappa shape index (κ1) is 28.9. The largest absolute Gasteiger partial charge is 0.394 e. The lowest BCUT2D eigenvalue weighted by Crippen LogP contribution is -2.66. The number of aliphatic hydroxyl groups excluding tert-OH is 10. The lowest BCUT2D eigenvalue weighted by Gasteiger charge is -2.48. The maximum atomic E-state index is 10.7. The van der Waals surface area contributed by atoms with Gasteiger partial charge in [-0.25, -0.2) is 0 Å². The van der Waals surface area contributed by atoms with Gasteiger partial charge in [0.15, 0.2) is 18.9 Å². The minimum atomic E-state index is -1.88. The first-order valence-corrected chi connectivity index (χ1v) is 11.0. The molecule has 0 spiro atoms. The number of aliphatic hydroxyl groups is 10. The molecule has 35 heavy (non-hydrogen) atoms. The highest BCUT2D eigenvalue weighted by atomic mass is 16.8.